The van der Waals surface area contributed by atoms with E-state index in [0.29, 0.717) is 19.6 Å². The Morgan fingerprint density at radius 3 is 2.55 bits per heavy atom. The van der Waals surface area contributed by atoms with Crippen molar-refractivity contribution in [3.8, 4) is 17.6 Å². The Balaban J connectivity index is 2.46. The van der Waals surface area contributed by atoms with E-state index in [4.69, 9.17) is 9.47 Å². The standard InChI is InChI=1S/C16H24N2O2/c1-4-10-18-16(3,13-17)9-11-20-15-8-6-7-14(12-15)19-5-2/h6-8,12,18H,4-5,9-11H2,1-3H3. The highest BCUT2D eigenvalue weighted by Gasteiger charge is 2.22. The Morgan fingerprint density at radius 2 is 1.95 bits per heavy atom. The summed E-state index contributed by atoms with van der Waals surface area (Å²) >= 11 is 0. The summed E-state index contributed by atoms with van der Waals surface area (Å²) in [6.07, 6.45) is 1.65. The predicted molar refractivity (Wildman–Crippen MR) is 80.0 cm³/mol. The summed E-state index contributed by atoms with van der Waals surface area (Å²) in [6, 6.07) is 9.88. The molecule has 0 aliphatic rings. The molecule has 0 bridgehead atoms. The van der Waals surface area contributed by atoms with Gasteiger partial charge in [-0.05, 0) is 38.9 Å². The molecule has 1 atom stereocenters. The van der Waals surface area contributed by atoms with Gasteiger partial charge in [-0.2, -0.15) is 5.26 Å². The van der Waals surface area contributed by atoms with Crippen LogP contribution >= 0.6 is 0 Å². The first-order valence-corrected chi connectivity index (χ1v) is 7.15. The number of nitrogens with one attached hydrogen (secondary N) is 1. The van der Waals surface area contributed by atoms with Crippen molar-refractivity contribution in [2.24, 2.45) is 0 Å². The number of nitriles is 1. The van der Waals surface area contributed by atoms with Gasteiger partial charge < -0.3 is 9.47 Å². The van der Waals surface area contributed by atoms with Gasteiger partial charge in [-0.25, -0.2) is 0 Å². The first kappa shape index (κ1) is 16.3. The third kappa shape index (κ3) is 5.50. The van der Waals surface area contributed by atoms with Crippen molar-refractivity contribution in [2.75, 3.05) is 19.8 Å². The van der Waals surface area contributed by atoms with Crippen LogP contribution in [0.4, 0.5) is 0 Å². The van der Waals surface area contributed by atoms with E-state index in [1.54, 1.807) is 0 Å². The van der Waals surface area contributed by atoms with Crippen LogP contribution in [-0.4, -0.2) is 25.3 Å². The minimum Gasteiger partial charge on any atom is -0.494 e. The van der Waals surface area contributed by atoms with E-state index in [1.165, 1.54) is 0 Å². The van der Waals surface area contributed by atoms with Gasteiger partial charge in [-0.1, -0.05) is 13.0 Å². The molecule has 0 aliphatic carbocycles. The van der Waals surface area contributed by atoms with Crippen LogP contribution in [0.5, 0.6) is 11.5 Å². The summed E-state index contributed by atoms with van der Waals surface area (Å²) in [5.74, 6) is 1.57. The van der Waals surface area contributed by atoms with Crippen LogP contribution < -0.4 is 14.8 Å². The fraction of sp³-hybridized carbons (Fsp3) is 0.562. The van der Waals surface area contributed by atoms with E-state index < -0.39 is 5.54 Å². The Bertz CT molecular complexity index is 442. The summed E-state index contributed by atoms with van der Waals surface area (Å²) < 4.78 is 11.1. The highest BCUT2D eigenvalue weighted by atomic mass is 16.5. The van der Waals surface area contributed by atoms with E-state index in [0.717, 1.165) is 24.5 Å². The van der Waals surface area contributed by atoms with Gasteiger partial charge in [-0.3, -0.25) is 5.32 Å². The molecule has 0 amide bonds. The summed E-state index contributed by atoms with van der Waals surface area (Å²) in [4.78, 5) is 0. The molecule has 4 nitrogen and oxygen atoms in total. The smallest absolute Gasteiger partial charge is 0.122 e. The van der Waals surface area contributed by atoms with Gasteiger partial charge in [0.2, 0.25) is 0 Å². The van der Waals surface area contributed by atoms with Crippen molar-refractivity contribution in [2.45, 2.75) is 39.2 Å². The van der Waals surface area contributed by atoms with E-state index in [9.17, 15) is 5.26 Å². The van der Waals surface area contributed by atoms with Crippen molar-refractivity contribution in [3.63, 3.8) is 0 Å². The third-order valence-corrected chi connectivity index (χ3v) is 3.00. The molecule has 110 valence electrons. The normalized spacial score (nSPS) is 13.3. The van der Waals surface area contributed by atoms with E-state index in [1.807, 2.05) is 38.1 Å². The maximum absolute atomic E-state index is 9.24. The van der Waals surface area contributed by atoms with Crippen molar-refractivity contribution < 1.29 is 9.47 Å². The minimum absolute atomic E-state index is 0.496. The quantitative estimate of drug-likeness (QED) is 0.753. The van der Waals surface area contributed by atoms with Crippen LogP contribution in [0.2, 0.25) is 0 Å². The molecule has 1 unspecified atom stereocenters. The molecule has 1 N–H and O–H groups in total. The molecule has 0 heterocycles. The molecule has 0 radical (unpaired) electrons. The van der Waals surface area contributed by atoms with Gasteiger partial charge >= 0.3 is 0 Å². The predicted octanol–water partition coefficient (Wildman–Crippen LogP) is 3.14. The number of benzene rings is 1. The van der Waals surface area contributed by atoms with Crippen LogP contribution in [0.15, 0.2) is 24.3 Å². The average Bonchev–Trinajstić information content (AvgIpc) is 2.46. The van der Waals surface area contributed by atoms with Crippen LogP contribution in [0, 0.1) is 11.3 Å². The topological polar surface area (TPSA) is 54.3 Å². The Hall–Kier alpha value is -1.73. The molecule has 4 heteroatoms. The molecular formula is C16H24N2O2. The molecule has 0 spiro atoms. The fourth-order valence-corrected chi connectivity index (χ4v) is 1.78. The van der Waals surface area contributed by atoms with Crippen molar-refractivity contribution >= 4 is 0 Å². The monoisotopic (exact) mass is 276 g/mol. The highest BCUT2D eigenvalue weighted by molar-refractivity contribution is 5.32. The second kappa shape index (κ2) is 8.44. The molecule has 0 aromatic heterocycles. The third-order valence-electron chi connectivity index (χ3n) is 3.00. The molecule has 1 aromatic carbocycles. The summed E-state index contributed by atoms with van der Waals surface area (Å²) in [6.45, 7) is 7.91. The van der Waals surface area contributed by atoms with Crippen molar-refractivity contribution in [1.82, 2.24) is 5.32 Å². The lowest BCUT2D eigenvalue weighted by Gasteiger charge is -2.23. The zero-order valence-corrected chi connectivity index (χ0v) is 12.6. The molecule has 1 aromatic rings. The number of rotatable bonds is 9. The Labute approximate surface area is 121 Å². The number of ether oxygens (including phenoxy) is 2. The van der Waals surface area contributed by atoms with Crippen molar-refractivity contribution in [3.05, 3.63) is 24.3 Å². The fourth-order valence-electron chi connectivity index (χ4n) is 1.78. The molecule has 0 saturated heterocycles. The maximum atomic E-state index is 9.24. The summed E-state index contributed by atoms with van der Waals surface area (Å²) in [5.41, 5.74) is -0.534. The SMILES string of the molecule is CCCNC(C)(C#N)CCOc1cccc(OCC)c1. The summed E-state index contributed by atoms with van der Waals surface area (Å²) in [7, 11) is 0. The largest absolute Gasteiger partial charge is 0.494 e. The lowest BCUT2D eigenvalue weighted by atomic mass is 10.0. The number of hydrogen-bond donors (Lipinski definition) is 1. The molecule has 20 heavy (non-hydrogen) atoms. The lowest BCUT2D eigenvalue weighted by Crippen LogP contribution is -2.42. The van der Waals surface area contributed by atoms with Gasteiger partial charge in [0, 0.05) is 12.5 Å². The van der Waals surface area contributed by atoms with E-state index in [-0.39, 0.29) is 0 Å². The first-order valence-electron chi connectivity index (χ1n) is 7.15. The van der Waals surface area contributed by atoms with Crippen LogP contribution in [0.3, 0.4) is 0 Å². The van der Waals surface area contributed by atoms with E-state index >= 15 is 0 Å². The van der Waals surface area contributed by atoms with Gasteiger partial charge in [0.1, 0.15) is 17.0 Å². The number of hydrogen-bond acceptors (Lipinski definition) is 4. The zero-order valence-electron chi connectivity index (χ0n) is 12.6. The molecular weight excluding hydrogens is 252 g/mol. The van der Waals surface area contributed by atoms with Gasteiger partial charge in [0.15, 0.2) is 0 Å². The van der Waals surface area contributed by atoms with Gasteiger partial charge in [0.25, 0.3) is 0 Å². The Kier molecular flexibility index (Phi) is 6.89. The van der Waals surface area contributed by atoms with Crippen LogP contribution in [0.1, 0.15) is 33.6 Å². The molecule has 0 saturated carbocycles. The van der Waals surface area contributed by atoms with E-state index in [2.05, 4.69) is 18.3 Å². The molecule has 0 aliphatic heterocycles. The second-order valence-corrected chi connectivity index (χ2v) is 4.88. The van der Waals surface area contributed by atoms with Gasteiger partial charge in [-0.15, -0.1) is 0 Å². The maximum Gasteiger partial charge on any atom is 0.122 e. The van der Waals surface area contributed by atoms with Crippen LogP contribution in [-0.2, 0) is 0 Å². The highest BCUT2D eigenvalue weighted by Crippen LogP contribution is 2.20. The average molecular weight is 276 g/mol. The summed E-state index contributed by atoms with van der Waals surface area (Å²) in [5, 5.41) is 12.5. The van der Waals surface area contributed by atoms with Crippen molar-refractivity contribution in [1.29, 1.82) is 5.26 Å². The van der Waals surface area contributed by atoms with Crippen LogP contribution in [0.25, 0.3) is 0 Å². The first-order chi connectivity index (χ1) is 9.63. The second-order valence-electron chi connectivity index (χ2n) is 4.88. The molecule has 1 rings (SSSR count). The molecule has 0 fully saturated rings. The number of nitrogens with zero attached hydrogens (tertiary/aromatic N) is 1. The zero-order chi connectivity index (χ0) is 14.8. The van der Waals surface area contributed by atoms with Gasteiger partial charge in [0.05, 0.1) is 19.3 Å². The minimum atomic E-state index is -0.534. The Morgan fingerprint density at radius 1 is 1.25 bits per heavy atom. The lowest BCUT2D eigenvalue weighted by molar-refractivity contribution is 0.265.